The number of carbonyl (C=O) groups excluding carboxylic acids is 1. The average Bonchev–Trinajstić information content (AvgIpc) is 3.07. The number of nitro groups is 1. The molecule has 1 amide bonds. The maximum atomic E-state index is 13.0. The Morgan fingerprint density at radius 2 is 1.81 bits per heavy atom. The smallest absolute Gasteiger partial charge is 0.270 e. The van der Waals surface area contributed by atoms with Gasteiger partial charge in [-0.2, -0.15) is 0 Å². The molecule has 0 N–H and O–H groups in total. The zero-order valence-corrected chi connectivity index (χ0v) is 18.8. The molecule has 0 saturated carbocycles. The van der Waals surface area contributed by atoms with Crippen LogP contribution in [0, 0.1) is 10.1 Å². The van der Waals surface area contributed by atoms with E-state index in [1.807, 2.05) is 36.4 Å². The minimum Gasteiger partial charge on any atom is -0.488 e. The first kappa shape index (κ1) is 22.0. The van der Waals surface area contributed by atoms with Crippen LogP contribution >= 0.6 is 35.6 Å². The Hall–Kier alpha value is -3.20. The molecule has 0 aliphatic carbocycles. The van der Waals surface area contributed by atoms with Crippen molar-refractivity contribution in [1.82, 2.24) is 0 Å². The highest BCUT2D eigenvalue weighted by atomic mass is 35.5. The molecule has 3 aromatic carbocycles. The predicted molar refractivity (Wildman–Crippen MR) is 131 cm³/mol. The molecule has 0 spiro atoms. The van der Waals surface area contributed by atoms with Crippen molar-refractivity contribution < 1.29 is 14.5 Å². The van der Waals surface area contributed by atoms with Crippen LogP contribution in [0.2, 0.25) is 5.02 Å². The summed E-state index contributed by atoms with van der Waals surface area (Å²) in [5.74, 6) is 0.0928. The number of nitro benzene ring substituents is 1. The van der Waals surface area contributed by atoms with Gasteiger partial charge >= 0.3 is 0 Å². The summed E-state index contributed by atoms with van der Waals surface area (Å²) in [5.41, 5.74) is 1.72. The van der Waals surface area contributed by atoms with Crippen molar-refractivity contribution in [2.75, 3.05) is 4.90 Å². The van der Waals surface area contributed by atoms with Gasteiger partial charge in [0, 0.05) is 28.3 Å². The highest BCUT2D eigenvalue weighted by Crippen LogP contribution is 2.38. The van der Waals surface area contributed by atoms with Crippen LogP contribution in [0.15, 0.2) is 77.7 Å². The van der Waals surface area contributed by atoms with Crippen LogP contribution in [0.3, 0.4) is 0 Å². The average molecular weight is 483 g/mol. The molecule has 6 nitrogen and oxygen atoms in total. The molecule has 1 aliphatic heterocycles. The Morgan fingerprint density at radius 3 is 2.53 bits per heavy atom. The molecule has 0 unspecified atom stereocenters. The maximum Gasteiger partial charge on any atom is 0.270 e. The summed E-state index contributed by atoms with van der Waals surface area (Å²) in [6.45, 7) is 0.170. The fourth-order valence-electron chi connectivity index (χ4n) is 3.07. The standard InChI is InChI=1S/C23H15ClN2O4S2/c24-19-9-5-4-6-15(19)14-30-20-11-10-18(26(28)29)12-16(20)13-21-22(27)25(23(31)32-21)17-7-2-1-3-8-17/h1-13H,14H2/b21-13-. The number of nitrogens with zero attached hydrogens (tertiary/aromatic N) is 2. The quantitative estimate of drug-likeness (QED) is 0.179. The van der Waals surface area contributed by atoms with Crippen molar-refractivity contribution in [3.05, 3.63) is 104 Å². The number of ether oxygens (including phenoxy) is 1. The van der Waals surface area contributed by atoms with Gasteiger partial charge in [-0.05, 0) is 30.3 Å². The van der Waals surface area contributed by atoms with E-state index in [1.54, 1.807) is 24.3 Å². The molecule has 1 fully saturated rings. The van der Waals surface area contributed by atoms with E-state index in [1.165, 1.54) is 23.1 Å². The zero-order valence-electron chi connectivity index (χ0n) is 16.4. The van der Waals surface area contributed by atoms with Crippen molar-refractivity contribution >= 4 is 63.3 Å². The summed E-state index contributed by atoms with van der Waals surface area (Å²) in [5, 5.41) is 11.9. The molecule has 0 atom stereocenters. The second kappa shape index (κ2) is 9.52. The zero-order chi connectivity index (χ0) is 22.7. The van der Waals surface area contributed by atoms with Crippen LogP contribution in [-0.2, 0) is 11.4 Å². The molecular formula is C23H15ClN2O4S2. The van der Waals surface area contributed by atoms with E-state index in [0.717, 1.165) is 17.3 Å². The minimum absolute atomic E-state index is 0.111. The number of amides is 1. The van der Waals surface area contributed by atoms with E-state index < -0.39 is 4.92 Å². The van der Waals surface area contributed by atoms with Gasteiger partial charge in [0.25, 0.3) is 11.6 Å². The van der Waals surface area contributed by atoms with Crippen LogP contribution in [0.4, 0.5) is 11.4 Å². The van der Waals surface area contributed by atoms with Crippen molar-refractivity contribution in [3.63, 3.8) is 0 Å². The number of hydrogen-bond acceptors (Lipinski definition) is 6. The lowest BCUT2D eigenvalue weighted by Crippen LogP contribution is -2.27. The molecule has 1 heterocycles. The summed E-state index contributed by atoms with van der Waals surface area (Å²) in [7, 11) is 0. The Balaban J connectivity index is 1.67. The number of rotatable bonds is 6. The number of thioether (sulfide) groups is 1. The highest BCUT2D eigenvalue weighted by Gasteiger charge is 2.33. The summed E-state index contributed by atoms with van der Waals surface area (Å²) in [4.78, 5) is 25.6. The van der Waals surface area contributed by atoms with Gasteiger partial charge in [0.2, 0.25) is 0 Å². The van der Waals surface area contributed by atoms with Crippen molar-refractivity contribution in [3.8, 4) is 5.75 Å². The lowest BCUT2D eigenvalue weighted by Gasteiger charge is -2.14. The number of anilines is 1. The molecular weight excluding hydrogens is 468 g/mol. The second-order valence-electron chi connectivity index (χ2n) is 6.71. The normalized spacial score (nSPS) is 14.8. The first-order valence-corrected chi connectivity index (χ1v) is 11.0. The lowest BCUT2D eigenvalue weighted by atomic mass is 10.1. The van der Waals surface area contributed by atoms with E-state index >= 15 is 0 Å². The van der Waals surface area contributed by atoms with E-state index in [-0.39, 0.29) is 18.2 Å². The van der Waals surface area contributed by atoms with E-state index in [2.05, 4.69) is 0 Å². The Kier molecular flexibility index (Phi) is 6.55. The number of para-hydroxylation sites is 1. The van der Waals surface area contributed by atoms with Crippen LogP contribution in [0.5, 0.6) is 5.75 Å². The van der Waals surface area contributed by atoms with Gasteiger partial charge in [0.1, 0.15) is 12.4 Å². The fraction of sp³-hybridized carbons (Fsp3) is 0.0435. The van der Waals surface area contributed by atoms with Crippen LogP contribution in [0.1, 0.15) is 11.1 Å². The van der Waals surface area contributed by atoms with Gasteiger partial charge in [0.05, 0.1) is 15.5 Å². The molecule has 160 valence electrons. The Labute approximate surface area is 198 Å². The molecule has 0 bridgehead atoms. The third-order valence-electron chi connectivity index (χ3n) is 4.64. The lowest BCUT2D eigenvalue weighted by molar-refractivity contribution is -0.384. The molecule has 0 aromatic heterocycles. The largest absolute Gasteiger partial charge is 0.488 e. The van der Waals surface area contributed by atoms with Crippen molar-refractivity contribution in [2.24, 2.45) is 0 Å². The SMILES string of the molecule is O=C1/C(=C/c2cc([N+](=O)[O-])ccc2OCc2ccccc2Cl)SC(=S)N1c1ccccc1. The molecule has 0 radical (unpaired) electrons. The first-order chi connectivity index (χ1) is 15.4. The van der Waals surface area contributed by atoms with E-state index in [4.69, 9.17) is 28.6 Å². The molecule has 1 aliphatic rings. The summed E-state index contributed by atoms with van der Waals surface area (Å²) in [6, 6.07) is 20.6. The van der Waals surface area contributed by atoms with Crippen molar-refractivity contribution in [1.29, 1.82) is 0 Å². The monoisotopic (exact) mass is 482 g/mol. The highest BCUT2D eigenvalue weighted by molar-refractivity contribution is 8.27. The van der Waals surface area contributed by atoms with Gasteiger partial charge in [-0.3, -0.25) is 19.8 Å². The molecule has 1 saturated heterocycles. The van der Waals surface area contributed by atoms with Gasteiger partial charge in [0.15, 0.2) is 4.32 Å². The molecule has 3 aromatic rings. The Morgan fingerprint density at radius 1 is 1.09 bits per heavy atom. The topological polar surface area (TPSA) is 72.7 Å². The number of non-ortho nitro benzene ring substituents is 1. The van der Waals surface area contributed by atoms with Crippen LogP contribution in [-0.4, -0.2) is 15.2 Å². The van der Waals surface area contributed by atoms with Crippen LogP contribution < -0.4 is 9.64 Å². The van der Waals surface area contributed by atoms with Crippen LogP contribution in [0.25, 0.3) is 6.08 Å². The molecule has 9 heteroatoms. The molecule has 32 heavy (non-hydrogen) atoms. The maximum absolute atomic E-state index is 13.0. The first-order valence-electron chi connectivity index (χ1n) is 9.41. The summed E-state index contributed by atoms with van der Waals surface area (Å²) in [6.07, 6.45) is 1.57. The van der Waals surface area contributed by atoms with E-state index in [0.29, 0.717) is 31.2 Å². The Bertz CT molecular complexity index is 1250. The van der Waals surface area contributed by atoms with Crippen molar-refractivity contribution in [2.45, 2.75) is 6.61 Å². The number of hydrogen-bond donors (Lipinski definition) is 0. The number of benzene rings is 3. The number of thiocarbonyl (C=S) groups is 1. The third kappa shape index (κ3) is 4.67. The van der Waals surface area contributed by atoms with Gasteiger partial charge in [-0.25, -0.2) is 0 Å². The summed E-state index contributed by atoms with van der Waals surface area (Å²) >= 11 is 12.7. The number of halogens is 1. The van der Waals surface area contributed by atoms with E-state index in [9.17, 15) is 14.9 Å². The number of carbonyl (C=O) groups is 1. The predicted octanol–water partition coefficient (Wildman–Crippen LogP) is 6.23. The summed E-state index contributed by atoms with van der Waals surface area (Å²) < 4.78 is 6.29. The second-order valence-corrected chi connectivity index (χ2v) is 8.79. The van der Waals surface area contributed by atoms with Gasteiger partial charge in [-0.15, -0.1) is 0 Å². The fourth-order valence-corrected chi connectivity index (χ4v) is 4.55. The third-order valence-corrected chi connectivity index (χ3v) is 6.31. The van der Waals surface area contributed by atoms with Gasteiger partial charge in [-0.1, -0.05) is 72.0 Å². The molecule has 4 rings (SSSR count). The van der Waals surface area contributed by atoms with Gasteiger partial charge < -0.3 is 4.74 Å². The minimum atomic E-state index is -0.496.